The summed E-state index contributed by atoms with van der Waals surface area (Å²) in [5, 5.41) is 21.3. The number of fused-ring (bicyclic) bond motifs is 1. The number of hydrogen-bond acceptors (Lipinski definition) is 7. The number of aryl methyl sites for hydroxylation is 1. The van der Waals surface area contributed by atoms with Gasteiger partial charge in [0, 0.05) is 12.1 Å². The molecule has 0 saturated heterocycles. The fourth-order valence-electron chi connectivity index (χ4n) is 3.63. The summed E-state index contributed by atoms with van der Waals surface area (Å²) in [6.07, 6.45) is 4.90. The van der Waals surface area contributed by atoms with Crippen molar-refractivity contribution in [2.75, 3.05) is 20.6 Å². The number of nitrogens with two attached hydrogens (primary N) is 1. The van der Waals surface area contributed by atoms with Gasteiger partial charge in [-0.1, -0.05) is 25.1 Å². The summed E-state index contributed by atoms with van der Waals surface area (Å²) in [5.74, 6) is 0.608. The van der Waals surface area contributed by atoms with Gasteiger partial charge in [-0.25, -0.2) is 0 Å². The van der Waals surface area contributed by atoms with E-state index in [0.29, 0.717) is 17.6 Å². The first-order chi connectivity index (χ1) is 16.9. The van der Waals surface area contributed by atoms with Crippen molar-refractivity contribution in [3.05, 3.63) is 64.2 Å². The number of hydrogen-bond donors (Lipinski definition) is 2. The molecule has 2 aromatic carbocycles. The summed E-state index contributed by atoms with van der Waals surface area (Å²) in [7, 11) is 3.75. The van der Waals surface area contributed by atoms with Gasteiger partial charge in [-0.2, -0.15) is 15.5 Å². The molecule has 1 aliphatic rings. The SMILES string of the molecule is CC/C(=N\N=C(/C)c1cccc2c1CCC2)c1ccc(OC(C)C)c(C#N)c1.CNC.NCC=O. The van der Waals surface area contributed by atoms with Gasteiger partial charge < -0.3 is 20.6 Å². The molecule has 0 amide bonds. The highest BCUT2D eigenvalue weighted by atomic mass is 16.5. The molecule has 0 aliphatic heterocycles. The molecule has 188 valence electrons. The molecule has 0 aromatic heterocycles. The predicted molar refractivity (Wildman–Crippen MR) is 145 cm³/mol. The maximum Gasteiger partial charge on any atom is 0.137 e. The fraction of sp³-hybridized carbons (Fsp3) is 0.429. The number of nitriles is 1. The lowest BCUT2D eigenvalue weighted by atomic mass is 10.0. The van der Waals surface area contributed by atoms with Crippen LogP contribution in [0.5, 0.6) is 5.75 Å². The number of aldehydes is 1. The Morgan fingerprint density at radius 1 is 1.23 bits per heavy atom. The fourth-order valence-corrected chi connectivity index (χ4v) is 3.63. The van der Waals surface area contributed by atoms with E-state index in [4.69, 9.17) is 9.53 Å². The molecular weight excluding hydrogens is 438 g/mol. The highest BCUT2D eigenvalue weighted by Gasteiger charge is 2.16. The van der Waals surface area contributed by atoms with Crippen molar-refractivity contribution in [3.8, 4) is 11.8 Å². The molecule has 35 heavy (non-hydrogen) atoms. The minimum Gasteiger partial charge on any atom is -0.490 e. The van der Waals surface area contributed by atoms with Gasteiger partial charge in [-0.3, -0.25) is 0 Å². The van der Waals surface area contributed by atoms with Gasteiger partial charge in [-0.05, 0) is 95.4 Å². The van der Waals surface area contributed by atoms with Crippen molar-refractivity contribution in [2.24, 2.45) is 15.9 Å². The third-order valence-electron chi connectivity index (χ3n) is 5.08. The molecule has 0 saturated carbocycles. The predicted octanol–water partition coefficient (Wildman–Crippen LogP) is 4.44. The molecule has 0 heterocycles. The van der Waals surface area contributed by atoms with E-state index >= 15 is 0 Å². The van der Waals surface area contributed by atoms with Crippen LogP contribution in [0.15, 0.2) is 46.6 Å². The monoisotopic (exact) mass is 477 g/mol. The second-order valence-corrected chi connectivity index (χ2v) is 8.27. The van der Waals surface area contributed by atoms with E-state index in [1.54, 1.807) is 0 Å². The molecule has 0 spiro atoms. The Morgan fingerprint density at radius 2 is 1.91 bits per heavy atom. The molecule has 1 aliphatic carbocycles. The zero-order chi connectivity index (χ0) is 26.2. The second-order valence-electron chi connectivity index (χ2n) is 8.27. The van der Waals surface area contributed by atoms with Crippen LogP contribution in [-0.4, -0.2) is 44.5 Å². The van der Waals surface area contributed by atoms with E-state index in [0.717, 1.165) is 36.2 Å². The quantitative estimate of drug-likeness (QED) is 0.348. The Hall–Kier alpha value is -3.34. The minimum absolute atomic E-state index is 0.0251. The number of benzene rings is 2. The number of carbonyl (C=O) groups excluding carboxylic acids is 1. The van der Waals surface area contributed by atoms with Crippen molar-refractivity contribution in [3.63, 3.8) is 0 Å². The molecule has 2 aromatic rings. The Morgan fingerprint density at radius 3 is 2.49 bits per heavy atom. The molecule has 7 heteroatoms. The van der Waals surface area contributed by atoms with Crippen LogP contribution < -0.4 is 15.8 Å². The Labute approximate surface area is 210 Å². The lowest BCUT2D eigenvalue weighted by Gasteiger charge is -2.12. The number of ether oxygens (including phenoxy) is 1. The van der Waals surface area contributed by atoms with Gasteiger partial charge in [-0.15, -0.1) is 0 Å². The van der Waals surface area contributed by atoms with Crippen molar-refractivity contribution in [1.29, 1.82) is 5.26 Å². The van der Waals surface area contributed by atoms with Crippen LogP contribution in [0.4, 0.5) is 0 Å². The smallest absolute Gasteiger partial charge is 0.137 e. The van der Waals surface area contributed by atoms with E-state index in [1.165, 1.54) is 23.1 Å². The zero-order valence-corrected chi connectivity index (χ0v) is 21.9. The van der Waals surface area contributed by atoms with Gasteiger partial charge in [0.1, 0.15) is 18.1 Å². The summed E-state index contributed by atoms with van der Waals surface area (Å²) >= 11 is 0. The van der Waals surface area contributed by atoms with Gasteiger partial charge in [0.2, 0.25) is 0 Å². The first-order valence-electron chi connectivity index (χ1n) is 12.0. The largest absolute Gasteiger partial charge is 0.490 e. The molecule has 0 fully saturated rings. The lowest BCUT2D eigenvalue weighted by molar-refractivity contribution is -0.106. The average Bonchev–Trinajstić information content (AvgIpc) is 3.34. The van der Waals surface area contributed by atoms with E-state index in [2.05, 4.69) is 52.4 Å². The van der Waals surface area contributed by atoms with Crippen LogP contribution in [0.1, 0.15) is 68.4 Å². The minimum atomic E-state index is 0.0251. The van der Waals surface area contributed by atoms with E-state index in [1.807, 2.05) is 53.1 Å². The maximum absolute atomic E-state index is 9.47. The molecule has 3 N–H and O–H groups in total. The first-order valence-corrected chi connectivity index (χ1v) is 12.0. The van der Waals surface area contributed by atoms with Crippen LogP contribution in [-0.2, 0) is 17.6 Å². The summed E-state index contributed by atoms with van der Waals surface area (Å²) in [4.78, 5) is 9.05. The van der Waals surface area contributed by atoms with Crippen molar-refractivity contribution in [2.45, 2.75) is 59.5 Å². The third kappa shape index (κ3) is 9.44. The highest BCUT2D eigenvalue weighted by molar-refractivity contribution is 6.03. The zero-order valence-electron chi connectivity index (χ0n) is 21.9. The summed E-state index contributed by atoms with van der Waals surface area (Å²) < 4.78 is 5.71. The van der Waals surface area contributed by atoms with Crippen LogP contribution in [0.3, 0.4) is 0 Å². The number of rotatable bonds is 7. The van der Waals surface area contributed by atoms with Crippen LogP contribution in [0.2, 0.25) is 0 Å². The van der Waals surface area contributed by atoms with Crippen LogP contribution >= 0.6 is 0 Å². The Balaban J connectivity index is 0.000000778. The van der Waals surface area contributed by atoms with Gasteiger partial charge >= 0.3 is 0 Å². The van der Waals surface area contributed by atoms with Crippen LogP contribution in [0, 0.1) is 11.3 Å². The van der Waals surface area contributed by atoms with Gasteiger partial charge in [0.15, 0.2) is 0 Å². The number of nitrogens with zero attached hydrogens (tertiary/aromatic N) is 3. The Bertz CT molecular complexity index is 1050. The van der Waals surface area contributed by atoms with Gasteiger partial charge in [0.25, 0.3) is 0 Å². The van der Waals surface area contributed by atoms with E-state index < -0.39 is 0 Å². The standard InChI is InChI=1S/C24H27N3O.C2H5NO.C2H7N/c1-5-23(19-12-13-24(28-16(2)3)20(14-19)15-25)27-26-17(4)21-10-6-8-18-9-7-11-22(18)21;3-1-2-4;1-3-2/h6,8,10,12-14,16H,5,7,9,11H2,1-4H3;2H,1,3H2;3H,1-2H3/b26-17+,27-23+;;. The number of carbonyl (C=O) groups is 1. The Kier molecular flexibility index (Phi) is 13.8. The molecule has 3 rings (SSSR count). The summed E-state index contributed by atoms with van der Waals surface area (Å²) in [6.45, 7) is 8.11. The van der Waals surface area contributed by atoms with E-state index in [9.17, 15) is 5.26 Å². The molecule has 7 nitrogen and oxygen atoms in total. The maximum atomic E-state index is 9.47. The molecule has 0 atom stereocenters. The molecule has 0 bridgehead atoms. The van der Waals surface area contributed by atoms with Crippen LogP contribution in [0.25, 0.3) is 0 Å². The van der Waals surface area contributed by atoms with Crippen molar-refractivity contribution >= 4 is 17.7 Å². The molecule has 0 radical (unpaired) electrons. The summed E-state index contributed by atoms with van der Waals surface area (Å²) in [5.41, 5.74) is 11.9. The molecule has 0 unspecified atom stereocenters. The van der Waals surface area contributed by atoms with Gasteiger partial charge in [0.05, 0.1) is 23.1 Å². The lowest BCUT2D eigenvalue weighted by Crippen LogP contribution is -2.08. The number of nitrogens with one attached hydrogen (secondary N) is 1. The topological polar surface area (TPSA) is 113 Å². The average molecular weight is 478 g/mol. The normalized spacial score (nSPS) is 12.5. The van der Waals surface area contributed by atoms with Crippen molar-refractivity contribution < 1.29 is 9.53 Å². The summed E-state index contributed by atoms with van der Waals surface area (Å²) in [6, 6.07) is 14.3. The van der Waals surface area contributed by atoms with Crippen molar-refractivity contribution in [1.82, 2.24) is 5.32 Å². The van der Waals surface area contributed by atoms with E-state index in [-0.39, 0.29) is 12.6 Å². The first kappa shape index (κ1) is 29.7. The highest BCUT2D eigenvalue weighted by Crippen LogP contribution is 2.26. The second kappa shape index (κ2) is 16.3. The third-order valence-corrected chi connectivity index (χ3v) is 5.08. The molecular formula is C28H39N5O2.